The van der Waals surface area contributed by atoms with Crippen molar-refractivity contribution in [3.05, 3.63) is 52.4 Å². The van der Waals surface area contributed by atoms with Crippen molar-refractivity contribution in [1.82, 2.24) is 4.98 Å². The highest BCUT2D eigenvalue weighted by molar-refractivity contribution is 6.04. The van der Waals surface area contributed by atoms with E-state index in [-0.39, 0.29) is 11.5 Å². The second-order valence-corrected chi connectivity index (χ2v) is 6.80. The normalized spacial score (nSPS) is 13.2. The Labute approximate surface area is 168 Å². The van der Waals surface area contributed by atoms with E-state index in [0.29, 0.717) is 41.5 Å². The van der Waals surface area contributed by atoms with Crippen LogP contribution >= 0.6 is 0 Å². The Kier molecular flexibility index (Phi) is 6.16. The topological polar surface area (TPSA) is 94.7 Å². The van der Waals surface area contributed by atoms with Gasteiger partial charge in [0.05, 0.1) is 18.9 Å². The molecule has 3 rings (SSSR count). The molecule has 0 saturated heterocycles. The van der Waals surface area contributed by atoms with Crippen LogP contribution in [0.2, 0.25) is 0 Å². The maximum Gasteiger partial charge on any atom is 0.331 e. The van der Waals surface area contributed by atoms with Gasteiger partial charge in [0.25, 0.3) is 0 Å². The SMILES string of the molecule is CC(=O)c1c(C)[nH]c(C(=O)COC(=O)/C=C/c2ccc3c(c2)OCCCO3)c1C. The first-order valence-electron chi connectivity index (χ1n) is 9.34. The third-order valence-electron chi connectivity index (χ3n) is 4.60. The van der Waals surface area contributed by atoms with Gasteiger partial charge in [-0.1, -0.05) is 6.07 Å². The second kappa shape index (κ2) is 8.77. The number of carbonyl (C=O) groups is 3. The molecule has 0 unspecified atom stereocenters. The Balaban J connectivity index is 1.60. The molecule has 152 valence electrons. The zero-order valence-corrected chi connectivity index (χ0v) is 16.7. The summed E-state index contributed by atoms with van der Waals surface area (Å²) < 4.78 is 16.2. The van der Waals surface area contributed by atoms with E-state index >= 15 is 0 Å². The summed E-state index contributed by atoms with van der Waals surface area (Å²) in [6.45, 7) is 5.64. The van der Waals surface area contributed by atoms with Crippen LogP contribution in [0.25, 0.3) is 6.08 Å². The monoisotopic (exact) mass is 397 g/mol. The highest BCUT2D eigenvalue weighted by Crippen LogP contribution is 2.30. The van der Waals surface area contributed by atoms with Crippen LogP contribution in [-0.2, 0) is 9.53 Å². The average molecular weight is 397 g/mol. The van der Waals surface area contributed by atoms with E-state index in [9.17, 15) is 14.4 Å². The van der Waals surface area contributed by atoms with E-state index in [2.05, 4.69) is 4.98 Å². The molecule has 0 bridgehead atoms. The number of benzene rings is 1. The summed E-state index contributed by atoms with van der Waals surface area (Å²) >= 11 is 0. The molecule has 0 atom stereocenters. The van der Waals surface area contributed by atoms with Gasteiger partial charge in [-0.2, -0.15) is 0 Å². The molecule has 0 saturated carbocycles. The fraction of sp³-hybridized carbons (Fsp3) is 0.318. The number of aromatic nitrogens is 1. The number of hydrogen-bond acceptors (Lipinski definition) is 6. The lowest BCUT2D eigenvalue weighted by molar-refractivity contribution is -0.136. The molecule has 1 aromatic carbocycles. The summed E-state index contributed by atoms with van der Waals surface area (Å²) in [4.78, 5) is 38.9. The second-order valence-electron chi connectivity index (χ2n) is 6.80. The number of ether oxygens (including phenoxy) is 3. The van der Waals surface area contributed by atoms with Gasteiger partial charge in [-0.3, -0.25) is 9.59 Å². The minimum Gasteiger partial charge on any atom is -0.490 e. The molecule has 0 amide bonds. The average Bonchev–Trinajstić information content (AvgIpc) is 2.85. The number of esters is 1. The van der Waals surface area contributed by atoms with Gasteiger partial charge in [0.2, 0.25) is 5.78 Å². The number of Topliss-reactive ketones (excluding diaryl/α,β-unsaturated/α-hetero) is 2. The van der Waals surface area contributed by atoms with Crippen molar-refractivity contribution in [2.75, 3.05) is 19.8 Å². The quantitative estimate of drug-likeness (QED) is 0.456. The van der Waals surface area contributed by atoms with Crippen LogP contribution in [0.5, 0.6) is 11.5 Å². The molecule has 7 nitrogen and oxygen atoms in total. The summed E-state index contributed by atoms with van der Waals surface area (Å²) in [5, 5.41) is 0. The lowest BCUT2D eigenvalue weighted by Crippen LogP contribution is -2.14. The molecule has 7 heteroatoms. The number of aromatic amines is 1. The zero-order valence-electron chi connectivity index (χ0n) is 16.7. The first kappa shape index (κ1) is 20.4. The predicted molar refractivity (Wildman–Crippen MR) is 107 cm³/mol. The maximum absolute atomic E-state index is 12.4. The molecule has 1 aromatic heterocycles. The van der Waals surface area contributed by atoms with Crippen LogP contribution in [0.4, 0.5) is 0 Å². The first-order valence-corrected chi connectivity index (χ1v) is 9.34. The summed E-state index contributed by atoms with van der Waals surface area (Å²) in [6, 6.07) is 5.37. The third kappa shape index (κ3) is 4.74. The fourth-order valence-corrected chi connectivity index (χ4v) is 3.26. The van der Waals surface area contributed by atoms with Gasteiger partial charge < -0.3 is 19.2 Å². The summed E-state index contributed by atoms with van der Waals surface area (Å²) in [6.07, 6.45) is 3.65. The Bertz CT molecular complexity index is 985. The Morgan fingerprint density at radius 3 is 2.55 bits per heavy atom. The Morgan fingerprint density at radius 1 is 1.14 bits per heavy atom. The number of fused-ring (bicyclic) bond motifs is 1. The van der Waals surface area contributed by atoms with Crippen LogP contribution in [-0.4, -0.2) is 42.3 Å². The van der Waals surface area contributed by atoms with Crippen LogP contribution in [0.15, 0.2) is 24.3 Å². The fourth-order valence-electron chi connectivity index (χ4n) is 3.26. The van der Waals surface area contributed by atoms with Gasteiger partial charge in [-0.05, 0) is 50.1 Å². The van der Waals surface area contributed by atoms with Gasteiger partial charge in [0, 0.05) is 23.8 Å². The van der Waals surface area contributed by atoms with Gasteiger partial charge in [0.1, 0.15) is 0 Å². The standard InChI is InChI=1S/C22H23NO6/c1-13-21(15(3)24)14(2)23-22(13)17(25)12-29-20(26)8-6-16-5-7-18-19(11-16)28-10-4-9-27-18/h5-8,11,23H,4,9-10,12H2,1-3H3/b8-6+. The molecule has 0 fully saturated rings. The Hall–Kier alpha value is -3.35. The molecular weight excluding hydrogens is 374 g/mol. The lowest BCUT2D eigenvalue weighted by Gasteiger charge is -2.07. The van der Waals surface area contributed by atoms with Crippen LogP contribution in [0.1, 0.15) is 51.0 Å². The van der Waals surface area contributed by atoms with Crippen molar-refractivity contribution >= 4 is 23.6 Å². The smallest absolute Gasteiger partial charge is 0.331 e. The van der Waals surface area contributed by atoms with E-state index in [4.69, 9.17) is 14.2 Å². The van der Waals surface area contributed by atoms with Gasteiger partial charge in [-0.25, -0.2) is 4.79 Å². The maximum atomic E-state index is 12.4. The molecule has 1 aliphatic rings. The predicted octanol–water partition coefficient (Wildman–Crippen LogP) is 3.43. The van der Waals surface area contributed by atoms with Crippen LogP contribution < -0.4 is 9.47 Å². The van der Waals surface area contributed by atoms with Crippen molar-refractivity contribution in [2.45, 2.75) is 27.2 Å². The molecule has 2 heterocycles. The van der Waals surface area contributed by atoms with Crippen LogP contribution in [0.3, 0.4) is 0 Å². The van der Waals surface area contributed by atoms with Crippen molar-refractivity contribution in [2.24, 2.45) is 0 Å². The van der Waals surface area contributed by atoms with Crippen molar-refractivity contribution in [1.29, 1.82) is 0 Å². The Morgan fingerprint density at radius 2 is 1.86 bits per heavy atom. The first-order chi connectivity index (χ1) is 13.9. The highest BCUT2D eigenvalue weighted by Gasteiger charge is 2.20. The molecule has 29 heavy (non-hydrogen) atoms. The van der Waals surface area contributed by atoms with Crippen LogP contribution in [0, 0.1) is 13.8 Å². The minimum atomic E-state index is -0.641. The van der Waals surface area contributed by atoms with Crippen molar-refractivity contribution < 1.29 is 28.6 Å². The number of H-pyrrole nitrogens is 1. The van der Waals surface area contributed by atoms with Crippen molar-refractivity contribution in [3.63, 3.8) is 0 Å². The zero-order chi connectivity index (χ0) is 21.0. The molecule has 1 aliphatic heterocycles. The number of rotatable bonds is 6. The number of carbonyl (C=O) groups excluding carboxylic acids is 3. The highest BCUT2D eigenvalue weighted by atomic mass is 16.5. The molecule has 0 spiro atoms. The molecule has 1 N–H and O–H groups in total. The number of hydrogen-bond donors (Lipinski definition) is 1. The summed E-state index contributed by atoms with van der Waals surface area (Å²) in [5.74, 6) is 0.153. The lowest BCUT2D eigenvalue weighted by atomic mass is 10.1. The largest absolute Gasteiger partial charge is 0.490 e. The number of aryl methyl sites for hydroxylation is 1. The van der Waals surface area contributed by atoms with E-state index in [1.807, 2.05) is 0 Å². The molecule has 0 radical (unpaired) electrons. The molecular formula is C22H23NO6. The summed E-state index contributed by atoms with van der Waals surface area (Å²) in [5.41, 5.74) is 2.72. The molecule has 2 aromatic rings. The number of nitrogens with one attached hydrogen (secondary N) is 1. The summed E-state index contributed by atoms with van der Waals surface area (Å²) in [7, 11) is 0. The van der Waals surface area contributed by atoms with E-state index in [1.54, 1.807) is 38.1 Å². The van der Waals surface area contributed by atoms with E-state index in [0.717, 1.165) is 12.0 Å². The van der Waals surface area contributed by atoms with Gasteiger partial charge in [-0.15, -0.1) is 0 Å². The number of ketones is 2. The van der Waals surface area contributed by atoms with Gasteiger partial charge >= 0.3 is 5.97 Å². The van der Waals surface area contributed by atoms with Crippen molar-refractivity contribution in [3.8, 4) is 11.5 Å². The molecule has 0 aliphatic carbocycles. The minimum absolute atomic E-state index is 0.120. The van der Waals surface area contributed by atoms with Gasteiger partial charge in [0.15, 0.2) is 23.9 Å². The van der Waals surface area contributed by atoms with E-state index in [1.165, 1.54) is 13.0 Å². The van der Waals surface area contributed by atoms with E-state index < -0.39 is 18.4 Å². The third-order valence-corrected chi connectivity index (χ3v) is 4.60.